The van der Waals surface area contributed by atoms with E-state index in [1.807, 2.05) is 34.1 Å². The van der Waals surface area contributed by atoms with Crippen molar-refractivity contribution < 1.29 is 14.3 Å². The lowest BCUT2D eigenvalue weighted by Crippen LogP contribution is -2.50. The van der Waals surface area contributed by atoms with Gasteiger partial charge in [0.05, 0.1) is 23.9 Å². The number of halogens is 2. The standard InChI is InChI=1S/C22H25Cl2N3O3/c23-17-7-9-18(10-8-17)30-15-3-6-22(29)27-13-11-26(12-14-27)16-21(28)25-20-5-2-1-4-19(20)24/h1-2,4-5,7-10H,3,6,11-16H2,(H,25,28). The third-order valence-corrected chi connectivity index (χ3v) is 5.44. The second-order valence-corrected chi connectivity index (χ2v) is 7.93. The van der Waals surface area contributed by atoms with E-state index in [2.05, 4.69) is 5.32 Å². The Morgan fingerprint density at radius 3 is 2.37 bits per heavy atom. The van der Waals surface area contributed by atoms with Crippen LogP contribution in [0.1, 0.15) is 12.8 Å². The van der Waals surface area contributed by atoms with E-state index in [9.17, 15) is 9.59 Å². The highest BCUT2D eigenvalue weighted by atomic mass is 35.5. The van der Waals surface area contributed by atoms with E-state index in [0.717, 1.165) is 5.75 Å². The largest absolute Gasteiger partial charge is 0.494 e. The Kier molecular flexibility index (Phi) is 8.37. The van der Waals surface area contributed by atoms with Gasteiger partial charge in [-0.1, -0.05) is 35.3 Å². The average Bonchev–Trinajstić information content (AvgIpc) is 2.74. The summed E-state index contributed by atoms with van der Waals surface area (Å²) < 4.78 is 5.63. The number of carbonyl (C=O) groups excluding carboxylic acids is 2. The monoisotopic (exact) mass is 449 g/mol. The van der Waals surface area contributed by atoms with Gasteiger partial charge < -0.3 is 15.0 Å². The first-order chi connectivity index (χ1) is 14.5. The van der Waals surface area contributed by atoms with Gasteiger partial charge >= 0.3 is 0 Å². The van der Waals surface area contributed by atoms with E-state index in [1.54, 1.807) is 24.3 Å². The normalized spacial score (nSPS) is 14.4. The fraction of sp³-hybridized carbons (Fsp3) is 0.364. The van der Waals surface area contributed by atoms with Crippen molar-refractivity contribution >= 4 is 40.7 Å². The van der Waals surface area contributed by atoms with Crippen molar-refractivity contribution in [3.8, 4) is 5.75 Å². The Labute approximate surface area is 186 Å². The van der Waals surface area contributed by atoms with Crippen LogP contribution in [0.5, 0.6) is 5.75 Å². The fourth-order valence-corrected chi connectivity index (χ4v) is 3.52. The minimum atomic E-state index is -0.109. The summed E-state index contributed by atoms with van der Waals surface area (Å²) in [4.78, 5) is 28.5. The van der Waals surface area contributed by atoms with E-state index in [1.165, 1.54) is 0 Å². The number of para-hydroxylation sites is 1. The zero-order valence-electron chi connectivity index (χ0n) is 16.7. The van der Waals surface area contributed by atoms with Gasteiger partial charge in [-0.05, 0) is 42.8 Å². The number of hydrogen-bond donors (Lipinski definition) is 1. The van der Waals surface area contributed by atoms with Crippen LogP contribution in [0.3, 0.4) is 0 Å². The van der Waals surface area contributed by atoms with Crippen molar-refractivity contribution in [2.45, 2.75) is 12.8 Å². The molecule has 1 fully saturated rings. The first-order valence-electron chi connectivity index (χ1n) is 9.94. The van der Waals surface area contributed by atoms with Crippen LogP contribution in [0.15, 0.2) is 48.5 Å². The Balaban J connectivity index is 1.32. The molecule has 0 atom stereocenters. The Bertz CT molecular complexity index is 853. The summed E-state index contributed by atoms with van der Waals surface area (Å²) in [6.45, 7) is 3.34. The molecular weight excluding hydrogens is 425 g/mol. The fourth-order valence-electron chi connectivity index (χ4n) is 3.21. The van der Waals surface area contributed by atoms with Gasteiger partial charge in [-0.25, -0.2) is 0 Å². The van der Waals surface area contributed by atoms with Crippen molar-refractivity contribution in [3.05, 3.63) is 58.6 Å². The molecule has 1 saturated heterocycles. The van der Waals surface area contributed by atoms with Crippen molar-refractivity contribution in [1.29, 1.82) is 0 Å². The second kappa shape index (κ2) is 11.2. The lowest BCUT2D eigenvalue weighted by Gasteiger charge is -2.34. The van der Waals surface area contributed by atoms with Crippen LogP contribution in [0.25, 0.3) is 0 Å². The van der Waals surface area contributed by atoms with Crippen molar-refractivity contribution in [2.75, 3.05) is 44.6 Å². The van der Waals surface area contributed by atoms with Crippen LogP contribution < -0.4 is 10.1 Å². The van der Waals surface area contributed by atoms with Gasteiger partial charge in [0.25, 0.3) is 0 Å². The maximum absolute atomic E-state index is 12.4. The van der Waals surface area contributed by atoms with E-state index in [0.29, 0.717) is 61.4 Å². The van der Waals surface area contributed by atoms with Gasteiger partial charge in [0, 0.05) is 37.6 Å². The predicted molar refractivity (Wildman–Crippen MR) is 119 cm³/mol. The molecule has 0 saturated carbocycles. The number of ether oxygens (including phenoxy) is 1. The maximum Gasteiger partial charge on any atom is 0.238 e. The quantitative estimate of drug-likeness (QED) is 0.620. The molecule has 0 bridgehead atoms. The molecular formula is C22H25Cl2N3O3. The summed E-state index contributed by atoms with van der Waals surface area (Å²) in [5.74, 6) is 0.757. The highest BCUT2D eigenvalue weighted by Crippen LogP contribution is 2.20. The summed E-state index contributed by atoms with van der Waals surface area (Å²) in [5.41, 5.74) is 0.610. The van der Waals surface area contributed by atoms with Gasteiger partial charge in [0.1, 0.15) is 5.75 Å². The van der Waals surface area contributed by atoms with Gasteiger partial charge in [-0.3, -0.25) is 14.5 Å². The number of anilines is 1. The first-order valence-corrected chi connectivity index (χ1v) is 10.7. The average molecular weight is 450 g/mol. The van der Waals surface area contributed by atoms with Crippen LogP contribution in [0, 0.1) is 0 Å². The van der Waals surface area contributed by atoms with Crippen LogP contribution >= 0.6 is 23.2 Å². The summed E-state index contributed by atoms with van der Waals surface area (Å²) in [6.07, 6.45) is 1.10. The Morgan fingerprint density at radius 2 is 1.67 bits per heavy atom. The summed E-state index contributed by atoms with van der Waals surface area (Å²) >= 11 is 11.9. The topological polar surface area (TPSA) is 61.9 Å². The lowest BCUT2D eigenvalue weighted by atomic mass is 10.2. The zero-order chi connectivity index (χ0) is 21.3. The molecule has 1 heterocycles. The van der Waals surface area contributed by atoms with E-state index in [-0.39, 0.29) is 18.4 Å². The maximum atomic E-state index is 12.4. The molecule has 2 aromatic rings. The number of nitrogens with zero attached hydrogens (tertiary/aromatic N) is 2. The van der Waals surface area contributed by atoms with Gasteiger partial charge in [0.2, 0.25) is 11.8 Å². The predicted octanol–water partition coefficient (Wildman–Crippen LogP) is 3.94. The number of carbonyl (C=O) groups is 2. The number of piperazine rings is 1. The minimum Gasteiger partial charge on any atom is -0.494 e. The van der Waals surface area contributed by atoms with Gasteiger partial charge in [0.15, 0.2) is 0 Å². The molecule has 3 rings (SSSR count). The van der Waals surface area contributed by atoms with E-state index >= 15 is 0 Å². The highest BCUT2D eigenvalue weighted by Gasteiger charge is 2.22. The second-order valence-electron chi connectivity index (χ2n) is 7.09. The van der Waals surface area contributed by atoms with Crippen LogP contribution in [0.4, 0.5) is 5.69 Å². The van der Waals surface area contributed by atoms with E-state index in [4.69, 9.17) is 27.9 Å². The molecule has 2 aromatic carbocycles. The van der Waals surface area contributed by atoms with Crippen molar-refractivity contribution in [1.82, 2.24) is 9.80 Å². The molecule has 160 valence electrons. The number of hydrogen-bond acceptors (Lipinski definition) is 4. The number of nitrogens with one attached hydrogen (secondary N) is 1. The number of rotatable bonds is 8. The molecule has 2 amide bonds. The SMILES string of the molecule is O=C(CN1CCN(C(=O)CCCOc2ccc(Cl)cc2)CC1)Nc1ccccc1Cl. The Morgan fingerprint density at radius 1 is 0.967 bits per heavy atom. The molecule has 0 unspecified atom stereocenters. The Hall–Kier alpha value is -2.28. The third-order valence-electron chi connectivity index (χ3n) is 4.86. The molecule has 1 N–H and O–H groups in total. The van der Waals surface area contributed by atoms with Gasteiger partial charge in [-0.2, -0.15) is 0 Å². The summed E-state index contributed by atoms with van der Waals surface area (Å²) in [5, 5.41) is 4.01. The molecule has 0 spiro atoms. The molecule has 0 aliphatic carbocycles. The number of amides is 2. The highest BCUT2D eigenvalue weighted by molar-refractivity contribution is 6.33. The molecule has 0 radical (unpaired) electrons. The third kappa shape index (κ3) is 6.90. The van der Waals surface area contributed by atoms with Crippen LogP contribution in [-0.4, -0.2) is 60.9 Å². The number of benzene rings is 2. The van der Waals surface area contributed by atoms with Crippen molar-refractivity contribution in [3.63, 3.8) is 0 Å². The lowest BCUT2D eigenvalue weighted by molar-refractivity contribution is -0.133. The molecule has 8 heteroatoms. The summed E-state index contributed by atoms with van der Waals surface area (Å²) in [6, 6.07) is 14.3. The van der Waals surface area contributed by atoms with Crippen LogP contribution in [-0.2, 0) is 9.59 Å². The summed E-state index contributed by atoms with van der Waals surface area (Å²) in [7, 11) is 0. The first kappa shape index (κ1) is 22.4. The van der Waals surface area contributed by atoms with Crippen molar-refractivity contribution in [2.24, 2.45) is 0 Å². The van der Waals surface area contributed by atoms with E-state index < -0.39 is 0 Å². The zero-order valence-corrected chi connectivity index (χ0v) is 18.2. The molecule has 1 aliphatic heterocycles. The smallest absolute Gasteiger partial charge is 0.238 e. The molecule has 0 aromatic heterocycles. The van der Waals surface area contributed by atoms with Crippen LogP contribution in [0.2, 0.25) is 10.0 Å². The molecule has 30 heavy (non-hydrogen) atoms. The molecule has 1 aliphatic rings. The van der Waals surface area contributed by atoms with Gasteiger partial charge in [-0.15, -0.1) is 0 Å². The molecule has 6 nitrogen and oxygen atoms in total. The minimum absolute atomic E-state index is 0.109.